The van der Waals surface area contributed by atoms with Crippen molar-refractivity contribution in [2.24, 2.45) is 0 Å². The van der Waals surface area contributed by atoms with Crippen LogP contribution in [0.2, 0.25) is 0 Å². The van der Waals surface area contributed by atoms with Gasteiger partial charge in [0, 0.05) is 6.54 Å². The number of urea groups is 1. The molecule has 3 N–H and O–H groups in total. The highest BCUT2D eigenvalue weighted by atomic mass is 32.1. The highest BCUT2D eigenvalue weighted by molar-refractivity contribution is 7.22. The zero-order valence-corrected chi connectivity index (χ0v) is 11.1. The molecule has 19 heavy (non-hydrogen) atoms. The molecule has 0 radical (unpaired) electrons. The first-order valence-corrected chi connectivity index (χ1v) is 6.50. The van der Waals surface area contributed by atoms with Crippen molar-refractivity contribution in [1.29, 1.82) is 0 Å². The van der Waals surface area contributed by atoms with Crippen molar-refractivity contribution in [1.82, 2.24) is 10.3 Å². The predicted octanol–water partition coefficient (Wildman–Crippen LogP) is 2.20. The Morgan fingerprint density at radius 3 is 2.95 bits per heavy atom. The molecule has 0 spiro atoms. The number of hydrogen-bond acceptors (Lipinski definition) is 4. The van der Waals surface area contributed by atoms with Gasteiger partial charge in [-0.05, 0) is 24.6 Å². The van der Waals surface area contributed by atoms with Crippen molar-refractivity contribution < 1.29 is 14.7 Å². The molecule has 0 unspecified atom stereocenters. The maximum absolute atomic E-state index is 11.5. The minimum atomic E-state index is -0.948. The van der Waals surface area contributed by atoms with Crippen LogP contribution in [0.3, 0.4) is 0 Å². The number of nitrogens with one attached hydrogen (secondary N) is 2. The van der Waals surface area contributed by atoms with Crippen LogP contribution < -0.4 is 10.6 Å². The molecular weight excluding hydrogens is 266 g/mol. The number of carboxylic acid groups (broad SMARTS) is 1. The van der Waals surface area contributed by atoms with Gasteiger partial charge >= 0.3 is 12.0 Å². The Hall–Kier alpha value is -2.15. The fraction of sp³-hybridized carbons (Fsp3) is 0.250. The zero-order chi connectivity index (χ0) is 13.8. The van der Waals surface area contributed by atoms with Crippen molar-refractivity contribution in [3.63, 3.8) is 0 Å². The largest absolute Gasteiger partial charge is 0.481 e. The number of aromatic nitrogens is 1. The van der Waals surface area contributed by atoms with E-state index in [1.54, 1.807) is 0 Å². The Labute approximate surface area is 113 Å². The summed E-state index contributed by atoms with van der Waals surface area (Å²) >= 11 is 1.38. The lowest BCUT2D eigenvalue weighted by Gasteiger charge is -2.02. The third kappa shape index (κ3) is 3.65. The van der Waals surface area contributed by atoms with Gasteiger partial charge in [-0.15, -0.1) is 0 Å². The molecule has 100 valence electrons. The van der Waals surface area contributed by atoms with E-state index in [0.29, 0.717) is 5.13 Å². The minimum absolute atomic E-state index is 0.0885. The summed E-state index contributed by atoms with van der Waals surface area (Å²) in [5.74, 6) is -0.948. The van der Waals surface area contributed by atoms with Crippen LogP contribution in [0, 0.1) is 6.92 Å². The van der Waals surface area contributed by atoms with Crippen LogP contribution >= 0.6 is 11.3 Å². The van der Waals surface area contributed by atoms with Gasteiger partial charge in [-0.3, -0.25) is 10.1 Å². The average Bonchev–Trinajstić information content (AvgIpc) is 2.69. The summed E-state index contributed by atoms with van der Waals surface area (Å²) in [6.07, 6.45) is -0.105. The van der Waals surface area contributed by atoms with Crippen LogP contribution in [-0.2, 0) is 4.79 Å². The molecule has 6 nitrogen and oxygen atoms in total. The van der Waals surface area contributed by atoms with E-state index in [2.05, 4.69) is 15.6 Å². The number of carboxylic acids is 1. The number of nitrogens with zero attached hydrogens (tertiary/aromatic N) is 1. The van der Waals surface area contributed by atoms with Crippen molar-refractivity contribution in [3.05, 3.63) is 23.8 Å². The molecule has 0 aliphatic heterocycles. The molecule has 1 aromatic heterocycles. The van der Waals surface area contributed by atoms with E-state index in [0.717, 1.165) is 15.8 Å². The molecule has 0 atom stereocenters. The topological polar surface area (TPSA) is 91.3 Å². The van der Waals surface area contributed by atoms with Crippen molar-refractivity contribution in [2.75, 3.05) is 11.9 Å². The van der Waals surface area contributed by atoms with E-state index in [-0.39, 0.29) is 13.0 Å². The van der Waals surface area contributed by atoms with Gasteiger partial charge in [-0.1, -0.05) is 17.4 Å². The molecule has 0 aliphatic rings. The molecular formula is C12H13N3O3S. The monoisotopic (exact) mass is 279 g/mol. The summed E-state index contributed by atoms with van der Waals surface area (Å²) in [5, 5.41) is 14.0. The Morgan fingerprint density at radius 2 is 2.21 bits per heavy atom. The Bertz CT molecular complexity index is 624. The van der Waals surface area contributed by atoms with Gasteiger partial charge in [-0.25, -0.2) is 9.78 Å². The second-order valence-corrected chi connectivity index (χ2v) is 5.05. The summed E-state index contributed by atoms with van der Waals surface area (Å²) < 4.78 is 1.00. The number of hydrogen-bond donors (Lipinski definition) is 3. The van der Waals surface area contributed by atoms with Gasteiger partial charge < -0.3 is 10.4 Å². The lowest BCUT2D eigenvalue weighted by Crippen LogP contribution is -2.30. The van der Waals surface area contributed by atoms with Gasteiger partial charge in [0.25, 0.3) is 0 Å². The molecule has 0 bridgehead atoms. The smallest absolute Gasteiger partial charge is 0.321 e. The Balaban J connectivity index is 1.97. The minimum Gasteiger partial charge on any atom is -0.481 e. The standard InChI is InChI=1S/C12H13N3O3S/c1-7-2-3-8-9(6-7)19-12(14-8)15-11(18)13-5-4-10(16)17/h2-3,6H,4-5H2,1H3,(H,16,17)(H2,13,14,15,18). The number of rotatable bonds is 4. The van der Waals surface area contributed by atoms with Gasteiger partial charge in [-0.2, -0.15) is 0 Å². The maximum atomic E-state index is 11.5. The molecule has 2 aromatic rings. The first-order valence-electron chi connectivity index (χ1n) is 5.68. The molecule has 2 amide bonds. The number of thiazole rings is 1. The molecule has 0 fully saturated rings. The van der Waals surface area contributed by atoms with Crippen molar-refractivity contribution in [2.45, 2.75) is 13.3 Å². The third-order valence-corrected chi connectivity index (χ3v) is 3.32. The van der Waals surface area contributed by atoms with Crippen LogP contribution in [0.4, 0.5) is 9.93 Å². The quantitative estimate of drug-likeness (QED) is 0.800. The van der Waals surface area contributed by atoms with E-state index in [9.17, 15) is 9.59 Å². The van der Waals surface area contributed by atoms with Gasteiger partial charge in [0.1, 0.15) is 0 Å². The molecule has 0 saturated heterocycles. The van der Waals surface area contributed by atoms with Gasteiger partial charge in [0.05, 0.1) is 16.6 Å². The van der Waals surface area contributed by atoms with Crippen molar-refractivity contribution in [3.8, 4) is 0 Å². The summed E-state index contributed by atoms with van der Waals surface area (Å²) in [4.78, 5) is 26.1. The lowest BCUT2D eigenvalue weighted by atomic mass is 10.2. The number of aliphatic carboxylic acids is 1. The molecule has 0 saturated carbocycles. The summed E-state index contributed by atoms with van der Waals surface area (Å²) in [7, 11) is 0. The summed E-state index contributed by atoms with van der Waals surface area (Å²) in [5.41, 5.74) is 1.96. The normalized spacial score (nSPS) is 10.4. The highest BCUT2D eigenvalue weighted by Crippen LogP contribution is 2.26. The van der Waals surface area contributed by atoms with Crippen LogP contribution in [0.1, 0.15) is 12.0 Å². The molecule has 0 aliphatic carbocycles. The SMILES string of the molecule is Cc1ccc2nc(NC(=O)NCCC(=O)O)sc2c1. The van der Waals surface area contributed by atoms with E-state index in [4.69, 9.17) is 5.11 Å². The van der Waals surface area contributed by atoms with E-state index in [1.807, 2.05) is 25.1 Å². The number of benzene rings is 1. The van der Waals surface area contributed by atoms with Crippen LogP contribution in [0.25, 0.3) is 10.2 Å². The molecule has 7 heteroatoms. The average molecular weight is 279 g/mol. The first-order chi connectivity index (χ1) is 9.04. The lowest BCUT2D eigenvalue weighted by molar-refractivity contribution is -0.136. The third-order valence-electron chi connectivity index (χ3n) is 2.39. The second kappa shape index (κ2) is 5.66. The highest BCUT2D eigenvalue weighted by Gasteiger charge is 2.07. The molecule has 1 aromatic carbocycles. The number of fused-ring (bicyclic) bond motifs is 1. The van der Waals surface area contributed by atoms with Crippen LogP contribution in [-0.4, -0.2) is 28.6 Å². The molecule has 2 rings (SSSR count). The first kappa shape index (κ1) is 13.3. The number of carbonyl (C=O) groups excluding carboxylic acids is 1. The van der Waals surface area contributed by atoms with E-state index in [1.165, 1.54) is 11.3 Å². The molecule has 1 heterocycles. The summed E-state index contributed by atoms with van der Waals surface area (Å²) in [6.45, 7) is 2.08. The van der Waals surface area contributed by atoms with E-state index >= 15 is 0 Å². The van der Waals surface area contributed by atoms with Gasteiger partial charge in [0.15, 0.2) is 5.13 Å². The summed E-state index contributed by atoms with van der Waals surface area (Å²) in [6, 6.07) is 5.41. The number of amides is 2. The maximum Gasteiger partial charge on any atom is 0.321 e. The van der Waals surface area contributed by atoms with Crippen LogP contribution in [0.15, 0.2) is 18.2 Å². The van der Waals surface area contributed by atoms with Gasteiger partial charge in [0.2, 0.25) is 0 Å². The zero-order valence-electron chi connectivity index (χ0n) is 10.3. The Morgan fingerprint density at radius 1 is 1.42 bits per heavy atom. The number of aryl methyl sites for hydroxylation is 1. The van der Waals surface area contributed by atoms with Crippen molar-refractivity contribution >= 4 is 38.7 Å². The number of anilines is 1. The number of carbonyl (C=O) groups is 2. The second-order valence-electron chi connectivity index (χ2n) is 4.01. The fourth-order valence-corrected chi connectivity index (χ4v) is 2.47. The predicted molar refractivity (Wildman–Crippen MR) is 73.6 cm³/mol. The Kier molecular flexibility index (Phi) is 3.96. The van der Waals surface area contributed by atoms with Crippen LogP contribution in [0.5, 0.6) is 0 Å². The fourth-order valence-electron chi connectivity index (χ4n) is 1.51. The van der Waals surface area contributed by atoms with E-state index < -0.39 is 12.0 Å².